The molecule has 1 heterocycles. The number of rotatable bonds is 9. The Bertz CT molecular complexity index is 366. The first-order valence-corrected chi connectivity index (χ1v) is 7.40. The number of nitrogens with zero attached hydrogens (tertiary/aromatic N) is 2. The van der Waals surface area contributed by atoms with E-state index in [1.807, 2.05) is 18.7 Å². The molecule has 0 saturated carbocycles. The van der Waals surface area contributed by atoms with Gasteiger partial charge < -0.3 is 10.1 Å². The van der Waals surface area contributed by atoms with Crippen LogP contribution in [0.15, 0.2) is 0 Å². The monoisotopic (exact) mass is 267 g/mol. The van der Waals surface area contributed by atoms with Gasteiger partial charge in [-0.05, 0) is 52.1 Å². The van der Waals surface area contributed by atoms with E-state index < -0.39 is 0 Å². The summed E-state index contributed by atoms with van der Waals surface area (Å²) in [4.78, 5) is 0. The fourth-order valence-electron chi connectivity index (χ4n) is 2.35. The van der Waals surface area contributed by atoms with Crippen LogP contribution in [0.1, 0.15) is 43.6 Å². The van der Waals surface area contributed by atoms with Crippen molar-refractivity contribution in [2.75, 3.05) is 19.8 Å². The van der Waals surface area contributed by atoms with Crippen LogP contribution in [0, 0.1) is 13.8 Å². The Morgan fingerprint density at radius 3 is 2.58 bits per heavy atom. The van der Waals surface area contributed by atoms with Crippen LogP contribution in [-0.4, -0.2) is 35.6 Å². The second-order valence-electron chi connectivity index (χ2n) is 5.12. The lowest BCUT2D eigenvalue weighted by Crippen LogP contribution is -2.34. The predicted octanol–water partition coefficient (Wildman–Crippen LogP) is 2.37. The van der Waals surface area contributed by atoms with Crippen molar-refractivity contribution in [3.63, 3.8) is 0 Å². The van der Waals surface area contributed by atoms with Gasteiger partial charge in [0.15, 0.2) is 0 Å². The number of nitrogens with one attached hydrogen (secondary N) is 1. The van der Waals surface area contributed by atoms with Gasteiger partial charge in [0.2, 0.25) is 0 Å². The largest absolute Gasteiger partial charge is 0.380 e. The zero-order valence-corrected chi connectivity index (χ0v) is 13.1. The van der Waals surface area contributed by atoms with E-state index in [2.05, 4.69) is 31.2 Å². The molecule has 1 unspecified atom stereocenters. The van der Waals surface area contributed by atoms with Gasteiger partial charge in [-0.1, -0.05) is 6.92 Å². The molecular weight excluding hydrogens is 238 g/mol. The Kier molecular flexibility index (Phi) is 7.10. The van der Waals surface area contributed by atoms with Gasteiger partial charge in [0, 0.05) is 25.4 Å². The van der Waals surface area contributed by atoms with Gasteiger partial charge in [-0.25, -0.2) is 0 Å². The third-order valence-electron chi connectivity index (χ3n) is 3.61. The van der Waals surface area contributed by atoms with E-state index in [-0.39, 0.29) is 0 Å². The van der Waals surface area contributed by atoms with Crippen molar-refractivity contribution >= 4 is 0 Å². The number of hydrogen-bond acceptors (Lipinski definition) is 3. The quantitative estimate of drug-likeness (QED) is 0.746. The lowest BCUT2D eigenvalue weighted by atomic mass is 10.0. The molecule has 1 aromatic heterocycles. The van der Waals surface area contributed by atoms with E-state index in [1.165, 1.54) is 11.3 Å². The molecule has 0 saturated heterocycles. The van der Waals surface area contributed by atoms with Crippen LogP contribution in [0.3, 0.4) is 0 Å². The Morgan fingerprint density at radius 2 is 2.05 bits per heavy atom. The van der Waals surface area contributed by atoms with E-state index in [9.17, 15) is 0 Å². The highest BCUT2D eigenvalue weighted by molar-refractivity contribution is 5.24. The van der Waals surface area contributed by atoms with Gasteiger partial charge in [-0.15, -0.1) is 0 Å². The molecule has 0 spiro atoms. The summed E-state index contributed by atoms with van der Waals surface area (Å²) in [5.41, 5.74) is 3.83. The van der Waals surface area contributed by atoms with Crippen LogP contribution in [0.5, 0.6) is 0 Å². The maximum Gasteiger partial charge on any atom is 0.0628 e. The molecule has 0 bridgehead atoms. The molecule has 4 heteroatoms. The summed E-state index contributed by atoms with van der Waals surface area (Å²) in [5.74, 6) is 0. The molecule has 4 nitrogen and oxygen atoms in total. The van der Waals surface area contributed by atoms with Crippen molar-refractivity contribution in [2.45, 2.75) is 53.0 Å². The lowest BCUT2D eigenvalue weighted by molar-refractivity contribution is 0.120. The molecule has 0 aliphatic rings. The van der Waals surface area contributed by atoms with E-state index >= 15 is 0 Å². The minimum atomic E-state index is 0.443. The molecule has 1 rings (SSSR count). The standard InChI is InChI=1S/C15H29N3O/c1-6-10-16-14(11-19-7-2)8-9-15-12(3)17-18(5)13(15)4/h14,16H,6-11H2,1-5H3. The van der Waals surface area contributed by atoms with Crippen molar-refractivity contribution in [3.8, 4) is 0 Å². The maximum atomic E-state index is 5.56. The van der Waals surface area contributed by atoms with E-state index in [4.69, 9.17) is 4.74 Å². The molecule has 0 radical (unpaired) electrons. The van der Waals surface area contributed by atoms with Crippen LogP contribution < -0.4 is 5.32 Å². The first kappa shape index (κ1) is 16.2. The third-order valence-corrected chi connectivity index (χ3v) is 3.61. The SMILES string of the molecule is CCCNC(CCc1c(C)nn(C)c1C)COCC. The molecule has 0 aliphatic heterocycles. The highest BCUT2D eigenvalue weighted by Crippen LogP contribution is 2.15. The first-order chi connectivity index (χ1) is 9.10. The molecule has 0 amide bonds. The molecule has 1 atom stereocenters. The number of aryl methyl sites for hydroxylation is 2. The van der Waals surface area contributed by atoms with E-state index in [1.54, 1.807) is 0 Å². The summed E-state index contributed by atoms with van der Waals surface area (Å²) in [5, 5.41) is 8.05. The normalized spacial score (nSPS) is 12.9. The van der Waals surface area contributed by atoms with Gasteiger partial charge in [-0.3, -0.25) is 4.68 Å². The molecule has 1 aromatic rings. The van der Waals surface area contributed by atoms with Crippen molar-refractivity contribution in [2.24, 2.45) is 7.05 Å². The smallest absolute Gasteiger partial charge is 0.0628 e. The molecular formula is C15H29N3O. The molecule has 19 heavy (non-hydrogen) atoms. The van der Waals surface area contributed by atoms with Crippen molar-refractivity contribution in [1.29, 1.82) is 0 Å². The fourth-order valence-corrected chi connectivity index (χ4v) is 2.35. The lowest BCUT2D eigenvalue weighted by Gasteiger charge is -2.18. The highest BCUT2D eigenvalue weighted by Gasteiger charge is 2.13. The zero-order valence-electron chi connectivity index (χ0n) is 13.1. The minimum absolute atomic E-state index is 0.443. The molecule has 0 aromatic carbocycles. The molecule has 110 valence electrons. The topological polar surface area (TPSA) is 39.1 Å². The summed E-state index contributed by atoms with van der Waals surface area (Å²) in [6.45, 7) is 11.1. The van der Waals surface area contributed by atoms with Gasteiger partial charge in [0.1, 0.15) is 0 Å². The van der Waals surface area contributed by atoms with Crippen LogP contribution in [0.4, 0.5) is 0 Å². The van der Waals surface area contributed by atoms with E-state index in [0.29, 0.717) is 6.04 Å². The van der Waals surface area contributed by atoms with Gasteiger partial charge in [0.25, 0.3) is 0 Å². The zero-order chi connectivity index (χ0) is 14.3. The fraction of sp³-hybridized carbons (Fsp3) is 0.800. The summed E-state index contributed by atoms with van der Waals surface area (Å²) in [6.07, 6.45) is 3.33. The summed E-state index contributed by atoms with van der Waals surface area (Å²) in [7, 11) is 2.01. The predicted molar refractivity (Wildman–Crippen MR) is 79.6 cm³/mol. The minimum Gasteiger partial charge on any atom is -0.380 e. The molecule has 0 aliphatic carbocycles. The third kappa shape index (κ3) is 4.96. The summed E-state index contributed by atoms with van der Waals surface area (Å²) < 4.78 is 7.54. The summed E-state index contributed by atoms with van der Waals surface area (Å²) >= 11 is 0. The van der Waals surface area contributed by atoms with Crippen molar-refractivity contribution < 1.29 is 4.74 Å². The Morgan fingerprint density at radius 1 is 1.32 bits per heavy atom. The van der Waals surface area contributed by atoms with Crippen LogP contribution in [0.2, 0.25) is 0 Å². The van der Waals surface area contributed by atoms with Gasteiger partial charge in [0.05, 0.1) is 12.3 Å². The highest BCUT2D eigenvalue weighted by atomic mass is 16.5. The van der Waals surface area contributed by atoms with Crippen LogP contribution >= 0.6 is 0 Å². The molecule has 1 N–H and O–H groups in total. The van der Waals surface area contributed by atoms with Crippen molar-refractivity contribution in [3.05, 3.63) is 17.0 Å². The second-order valence-corrected chi connectivity index (χ2v) is 5.12. The van der Waals surface area contributed by atoms with Crippen LogP contribution in [0.25, 0.3) is 0 Å². The van der Waals surface area contributed by atoms with Gasteiger partial charge >= 0.3 is 0 Å². The van der Waals surface area contributed by atoms with E-state index in [0.717, 1.165) is 44.7 Å². The number of ether oxygens (including phenoxy) is 1. The average Bonchev–Trinajstić information content (AvgIpc) is 2.63. The Labute approximate surface area is 117 Å². The molecule has 0 fully saturated rings. The average molecular weight is 267 g/mol. The summed E-state index contributed by atoms with van der Waals surface area (Å²) in [6, 6.07) is 0.443. The second kappa shape index (κ2) is 8.33. The number of aromatic nitrogens is 2. The van der Waals surface area contributed by atoms with Crippen molar-refractivity contribution in [1.82, 2.24) is 15.1 Å². The Balaban J connectivity index is 2.54. The Hall–Kier alpha value is -0.870. The maximum absolute atomic E-state index is 5.56. The first-order valence-electron chi connectivity index (χ1n) is 7.40. The number of hydrogen-bond donors (Lipinski definition) is 1. The van der Waals surface area contributed by atoms with Crippen LogP contribution in [-0.2, 0) is 18.2 Å². The van der Waals surface area contributed by atoms with Gasteiger partial charge in [-0.2, -0.15) is 5.10 Å².